The Morgan fingerprint density at radius 1 is 1.00 bits per heavy atom. The zero-order valence-corrected chi connectivity index (χ0v) is 24.8. The molecule has 1 fully saturated rings. The number of amides is 1. The van der Waals surface area contributed by atoms with Gasteiger partial charge in [0.25, 0.3) is 5.56 Å². The molecule has 1 unspecified atom stereocenters. The second kappa shape index (κ2) is 11.1. The van der Waals surface area contributed by atoms with Crippen LogP contribution in [-0.4, -0.2) is 43.1 Å². The van der Waals surface area contributed by atoms with E-state index in [1.54, 1.807) is 85.1 Å². The van der Waals surface area contributed by atoms with Crippen molar-refractivity contribution in [3.63, 3.8) is 0 Å². The van der Waals surface area contributed by atoms with Gasteiger partial charge in [0, 0.05) is 21.8 Å². The van der Waals surface area contributed by atoms with Crippen molar-refractivity contribution in [2.45, 2.75) is 38.8 Å². The summed E-state index contributed by atoms with van der Waals surface area (Å²) in [5.41, 5.74) is 6.83. The third-order valence-electron chi connectivity index (χ3n) is 7.26. The topological polar surface area (TPSA) is 123 Å². The molecule has 0 radical (unpaired) electrons. The molecule has 0 bridgehead atoms. The van der Waals surface area contributed by atoms with E-state index >= 15 is 0 Å². The van der Waals surface area contributed by atoms with Crippen LogP contribution in [0.3, 0.4) is 0 Å². The molecule has 43 heavy (non-hydrogen) atoms. The molecule has 0 spiro atoms. The van der Waals surface area contributed by atoms with Crippen LogP contribution < -0.4 is 17.0 Å². The van der Waals surface area contributed by atoms with Crippen LogP contribution in [0.5, 0.6) is 0 Å². The second-order valence-corrected chi connectivity index (χ2v) is 11.5. The van der Waals surface area contributed by atoms with Crippen molar-refractivity contribution in [1.29, 1.82) is 0 Å². The Hall–Kier alpha value is -4.22. The Labute approximate surface area is 255 Å². The molecule has 2 N–H and O–H groups in total. The number of hydrogen-bond donors (Lipinski definition) is 1. The average molecular weight is 620 g/mol. The predicted octanol–water partition coefficient (Wildman–Crippen LogP) is 4.62. The van der Waals surface area contributed by atoms with Crippen LogP contribution in [0.1, 0.15) is 29.8 Å². The van der Waals surface area contributed by atoms with Gasteiger partial charge in [-0.05, 0) is 67.9 Å². The minimum absolute atomic E-state index is 0.0368. The van der Waals surface area contributed by atoms with Gasteiger partial charge < -0.3 is 15.2 Å². The lowest BCUT2D eigenvalue weighted by Gasteiger charge is -2.18. The fraction of sp³-hybridized carbons (Fsp3) is 0.226. The summed E-state index contributed by atoms with van der Waals surface area (Å²) in [5.74, 6) is -1.04. The maximum atomic E-state index is 14.3. The van der Waals surface area contributed by atoms with Gasteiger partial charge in [-0.15, -0.1) is 0 Å². The third-order valence-corrected chi connectivity index (χ3v) is 7.84. The van der Waals surface area contributed by atoms with Gasteiger partial charge in [-0.2, -0.15) is 0 Å². The summed E-state index contributed by atoms with van der Waals surface area (Å²) >= 11 is 12.8. The molecule has 3 heterocycles. The number of fused-ring (bicyclic) bond motifs is 1. The molecule has 1 aliphatic rings. The first-order valence-corrected chi connectivity index (χ1v) is 14.3. The maximum absolute atomic E-state index is 14.3. The first-order chi connectivity index (χ1) is 20.5. The largest absolute Gasteiger partial charge is 0.366 e. The molecule has 0 saturated carbocycles. The molecule has 1 amide bonds. The minimum atomic E-state index is -0.845. The molecular formula is C31H27Cl2N5O5. The van der Waals surface area contributed by atoms with Gasteiger partial charge in [0.1, 0.15) is 11.9 Å². The Balaban J connectivity index is 1.64. The van der Waals surface area contributed by atoms with Crippen LogP contribution in [0.2, 0.25) is 10.0 Å². The van der Waals surface area contributed by atoms with Gasteiger partial charge in [-0.1, -0.05) is 47.5 Å². The van der Waals surface area contributed by atoms with Crippen LogP contribution in [-0.2, 0) is 22.6 Å². The van der Waals surface area contributed by atoms with Gasteiger partial charge in [-0.3, -0.25) is 23.3 Å². The number of hydrogen-bond acceptors (Lipinski definition) is 6. The minimum Gasteiger partial charge on any atom is -0.366 e. The van der Waals surface area contributed by atoms with E-state index in [1.165, 1.54) is 4.57 Å². The zero-order chi connectivity index (χ0) is 30.5. The molecule has 0 aliphatic carbocycles. The molecule has 1 aliphatic heterocycles. The monoisotopic (exact) mass is 619 g/mol. The number of rotatable bonds is 7. The number of carbonyl (C=O) groups is 1. The van der Waals surface area contributed by atoms with Gasteiger partial charge in [0.15, 0.2) is 17.0 Å². The molecule has 1 saturated heterocycles. The summed E-state index contributed by atoms with van der Waals surface area (Å²) in [5, 5.41) is 0.935. The first kappa shape index (κ1) is 28.9. The third kappa shape index (κ3) is 5.50. The standard InChI is InChI=1S/C31H27Cl2N5O5/c1-31(2)42-17-22(43-31)16-37-29(40)25-28(36(30(37)41)15-18-7-9-19(10-8-18)26(34)39)35-27(23-5-3-4-6-24(23)33)38(25)21-13-11-20(32)12-14-21/h3-14,22H,15-17H2,1-2H3,(H2,34,39). The maximum Gasteiger partial charge on any atom is 0.333 e. The van der Waals surface area contributed by atoms with Crippen molar-refractivity contribution < 1.29 is 14.3 Å². The summed E-state index contributed by atoms with van der Waals surface area (Å²) in [6.07, 6.45) is -0.531. The fourth-order valence-corrected chi connectivity index (χ4v) is 5.57. The van der Waals surface area contributed by atoms with Crippen molar-refractivity contribution >= 4 is 40.3 Å². The second-order valence-electron chi connectivity index (χ2n) is 10.7. The Bertz CT molecular complexity index is 1980. The summed E-state index contributed by atoms with van der Waals surface area (Å²) in [6.45, 7) is 3.79. The number of ether oxygens (including phenoxy) is 2. The lowest BCUT2D eigenvalue weighted by Crippen LogP contribution is -2.43. The fourth-order valence-electron chi connectivity index (χ4n) is 5.22. The summed E-state index contributed by atoms with van der Waals surface area (Å²) < 4.78 is 15.9. The Morgan fingerprint density at radius 2 is 1.70 bits per heavy atom. The smallest absolute Gasteiger partial charge is 0.333 e. The molecule has 3 aromatic carbocycles. The van der Waals surface area contributed by atoms with E-state index in [9.17, 15) is 14.4 Å². The van der Waals surface area contributed by atoms with Gasteiger partial charge in [-0.25, -0.2) is 9.78 Å². The molecule has 220 valence electrons. The van der Waals surface area contributed by atoms with E-state index < -0.39 is 29.0 Å². The highest BCUT2D eigenvalue weighted by atomic mass is 35.5. The number of nitrogens with two attached hydrogens (primary N) is 1. The van der Waals surface area contributed by atoms with Gasteiger partial charge in [0.2, 0.25) is 5.91 Å². The number of halogens is 2. The number of primary amides is 1. The SMILES string of the molecule is CC1(C)OCC(Cn2c(=O)c3c(nc(-c4ccccc4Cl)n3-c3ccc(Cl)cc3)n(Cc3ccc(C(N)=O)cc3)c2=O)O1. The van der Waals surface area contributed by atoms with Crippen molar-refractivity contribution in [2.24, 2.45) is 5.73 Å². The van der Waals surface area contributed by atoms with E-state index in [0.717, 1.165) is 4.57 Å². The van der Waals surface area contributed by atoms with Crippen molar-refractivity contribution in [2.75, 3.05) is 6.61 Å². The van der Waals surface area contributed by atoms with Crippen LogP contribution in [0, 0.1) is 0 Å². The summed E-state index contributed by atoms with van der Waals surface area (Å²) in [6, 6.07) is 20.7. The highest BCUT2D eigenvalue weighted by Crippen LogP contribution is 2.32. The van der Waals surface area contributed by atoms with Crippen molar-refractivity contribution in [1.82, 2.24) is 18.7 Å². The van der Waals surface area contributed by atoms with E-state index in [-0.39, 0.29) is 30.9 Å². The molecule has 12 heteroatoms. The predicted molar refractivity (Wildman–Crippen MR) is 164 cm³/mol. The zero-order valence-electron chi connectivity index (χ0n) is 23.3. The molecule has 5 aromatic rings. The van der Waals surface area contributed by atoms with Crippen molar-refractivity contribution in [3.05, 3.63) is 115 Å². The quantitative estimate of drug-likeness (QED) is 0.283. The number of imidazole rings is 1. The van der Waals surface area contributed by atoms with Gasteiger partial charge >= 0.3 is 5.69 Å². The molecule has 1 atom stereocenters. The molecule has 6 rings (SSSR count). The highest BCUT2D eigenvalue weighted by Gasteiger charge is 2.34. The van der Waals surface area contributed by atoms with Crippen molar-refractivity contribution in [3.8, 4) is 17.1 Å². The molecule has 2 aromatic heterocycles. The highest BCUT2D eigenvalue weighted by molar-refractivity contribution is 6.33. The van der Waals surface area contributed by atoms with Crippen LogP contribution in [0.25, 0.3) is 28.2 Å². The number of carbonyl (C=O) groups excluding carboxylic acids is 1. The summed E-state index contributed by atoms with van der Waals surface area (Å²) in [7, 11) is 0. The lowest BCUT2D eigenvalue weighted by atomic mass is 10.1. The van der Waals surface area contributed by atoms with E-state index in [1.807, 2.05) is 6.07 Å². The van der Waals surface area contributed by atoms with Crippen LogP contribution >= 0.6 is 23.2 Å². The molecule has 10 nitrogen and oxygen atoms in total. The van der Waals surface area contributed by atoms with E-state index in [2.05, 4.69) is 0 Å². The Morgan fingerprint density at radius 3 is 2.33 bits per heavy atom. The van der Waals surface area contributed by atoms with E-state index in [4.69, 9.17) is 43.4 Å². The number of benzene rings is 3. The summed E-state index contributed by atoms with van der Waals surface area (Å²) in [4.78, 5) is 44.9. The normalized spacial score (nSPS) is 16.1. The molecular weight excluding hydrogens is 593 g/mol. The van der Waals surface area contributed by atoms with Crippen LogP contribution in [0.15, 0.2) is 82.4 Å². The lowest BCUT2D eigenvalue weighted by molar-refractivity contribution is -0.139. The Kier molecular flexibility index (Phi) is 7.47. The van der Waals surface area contributed by atoms with Crippen LogP contribution in [0.4, 0.5) is 0 Å². The number of aromatic nitrogens is 4. The number of nitrogens with zero attached hydrogens (tertiary/aromatic N) is 4. The van der Waals surface area contributed by atoms with Gasteiger partial charge in [0.05, 0.1) is 24.7 Å². The van der Waals surface area contributed by atoms with E-state index in [0.29, 0.717) is 38.2 Å². The average Bonchev–Trinajstić information content (AvgIpc) is 3.54. The first-order valence-electron chi connectivity index (χ1n) is 13.5.